The number of aliphatic hydroxyl groups is 1. The molecule has 0 saturated carbocycles. The summed E-state index contributed by atoms with van der Waals surface area (Å²) in [5.74, 6) is -0.370. The van der Waals surface area contributed by atoms with Crippen LogP contribution in [0.1, 0.15) is 18.1 Å². The Kier molecular flexibility index (Phi) is 6.71. The summed E-state index contributed by atoms with van der Waals surface area (Å²) in [6.45, 7) is 1.64. The SMILES string of the molecule is CC(Cc1ccc(OCC(=O)O)cc1)N/C=C(/O)c1cccc(Cl)c1. The molecule has 25 heavy (non-hydrogen) atoms. The van der Waals surface area contributed by atoms with Gasteiger partial charge in [0.25, 0.3) is 0 Å². The fraction of sp³-hybridized carbons (Fsp3) is 0.211. The molecule has 5 nitrogen and oxygen atoms in total. The molecule has 132 valence electrons. The zero-order chi connectivity index (χ0) is 18.2. The Labute approximate surface area is 151 Å². The normalized spacial score (nSPS) is 12.5. The molecule has 2 rings (SSSR count). The van der Waals surface area contributed by atoms with E-state index in [1.54, 1.807) is 42.6 Å². The first kappa shape index (κ1) is 18.7. The van der Waals surface area contributed by atoms with E-state index in [-0.39, 0.29) is 18.4 Å². The van der Waals surface area contributed by atoms with Crippen LogP contribution in [-0.2, 0) is 11.2 Å². The van der Waals surface area contributed by atoms with Crippen molar-refractivity contribution in [3.05, 3.63) is 70.9 Å². The number of halogens is 1. The third-order valence-electron chi connectivity index (χ3n) is 3.45. The van der Waals surface area contributed by atoms with Crippen molar-refractivity contribution in [2.24, 2.45) is 0 Å². The maximum absolute atomic E-state index is 10.5. The van der Waals surface area contributed by atoms with Crippen LogP contribution in [0.4, 0.5) is 0 Å². The van der Waals surface area contributed by atoms with Crippen molar-refractivity contribution in [1.82, 2.24) is 5.32 Å². The molecule has 0 aromatic heterocycles. The van der Waals surface area contributed by atoms with Gasteiger partial charge in [-0.15, -0.1) is 0 Å². The quantitative estimate of drug-likeness (QED) is 0.622. The Morgan fingerprint density at radius 3 is 2.60 bits per heavy atom. The number of carbonyl (C=O) groups is 1. The summed E-state index contributed by atoms with van der Waals surface area (Å²) in [6, 6.07) is 14.3. The van der Waals surface area contributed by atoms with Crippen LogP contribution < -0.4 is 10.1 Å². The lowest BCUT2D eigenvalue weighted by atomic mass is 10.1. The first-order valence-corrected chi connectivity index (χ1v) is 8.16. The highest BCUT2D eigenvalue weighted by molar-refractivity contribution is 6.30. The molecule has 1 unspecified atom stereocenters. The van der Waals surface area contributed by atoms with Gasteiger partial charge in [0.2, 0.25) is 0 Å². The van der Waals surface area contributed by atoms with Crippen LogP contribution in [0.5, 0.6) is 5.75 Å². The van der Waals surface area contributed by atoms with E-state index in [0.29, 0.717) is 16.3 Å². The van der Waals surface area contributed by atoms with Crippen LogP contribution in [0.25, 0.3) is 5.76 Å². The molecule has 3 N–H and O–H groups in total. The number of hydrogen-bond acceptors (Lipinski definition) is 4. The highest BCUT2D eigenvalue weighted by atomic mass is 35.5. The summed E-state index contributed by atoms with van der Waals surface area (Å²) in [4.78, 5) is 10.5. The van der Waals surface area contributed by atoms with Crippen LogP contribution in [0.2, 0.25) is 5.02 Å². The first-order chi connectivity index (χ1) is 11.9. The average Bonchev–Trinajstić information content (AvgIpc) is 2.59. The van der Waals surface area contributed by atoms with Crippen LogP contribution in [0, 0.1) is 0 Å². The lowest BCUT2D eigenvalue weighted by Crippen LogP contribution is -2.23. The van der Waals surface area contributed by atoms with E-state index in [9.17, 15) is 9.90 Å². The van der Waals surface area contributed by atoms with E-state index in [4.69, 9.17) is 21.4 Å². The smallest absolute Gasteiger partial charge is 0.341 e. The number of carboxylic acid groups (broad SMARTS) is 1. The molecular formula is C19H20ClNO4. The van der Waals surface area contributed by atoms with Crippen LogP contribution in [-0.4, -0.2) is 28.8 Å². The van der Waals surface area contributed by atoms with E-state index in [0.717, 1.165) is 12.0 Å². The molecule has 0 fully saturated rings. The van der Waals surface area contributed by atoms with Crippen LogP contribution >= 0.6 is 11.6 Å². The molecule has 1 atom stereocenters. The maximum atomic E-state index is 10.5. The highest BCUT2D eigenvalue weighted by Crippen LogP contribution is 2.17. The molecule has 0 aliphatic heterocycles. The van der Waals surface area contributed by atoms with E-state index in [1.165, 1.54) is 0 Å². The summed E-state index contributed by atoms with van der Waals surface area (Å²) < 4.78 is 5.10. The molecule has 0 aliphatic carbocycles. The van der Waals surface area contributed by atoms with Gasteiger partial charge in [-0.3, -0.25) is 0 Å². The van der Waals surface area contributed by atoms with Crippen molar-refractivity contribution >= 4 is 23.3 Å². The van der Waals surface area contributed by atoms with Gasteiger partial charge in [-0.2, -0.15) is 0 Å². The molecule has 0 bridgehead atoms. The third kappa shape index (κ3) is 6.39. The number of ether oxygens (including phenoxy) is 1. The lowest BCUT2D eigenvalue weighted by molar-refractivity contribution is -0.139. The largest absolute Gasteiger partial charge is 0.506 e. The summed E-state index contributed by atoms with van der Waals surface area (Å²) in [5.41, 5.74) is 1.71. The fourth-order valence-corrected chi connectivity index (χ4v) is 2.42. The number of rotatable bonds is 8. The molecule has 0 heterocycles. The van der Waals surface area contributed by atoms with Gasteiger partial charge in [0.15, 0.2) is 6.61 Å². The lowest BCUT2D eigenvalue weighted by Gasteiger charge is -2.13. The highest BCUT2D eigenvalue weighted by Gasteiger charge is 2.05. The van der Waals surface area contributed by atoms with Gasteiger partial charge in [0.1, 0.15) is 11.5 Å². The molecule has 0 spiro atoms. The Bertz CT molecular complexity index is 743. The molecule has 2 aromatic carbocycles. The van der Waals surface area contributed by atoms with Crippen molar-refractivity contribution in [3.63, 3.8) is 0 Å². The number of benzene rings is 2. The Morgan fingerprint density at radius 1 is 1.24 bits per heavy atom. The summed E-state index contributed by atoms with van der Waals surface area (Å²) >= 11 is 5.91. The molecule has 2 aromatic rings. The average molecular weight is 362 g/mol. The standard InChI is InChI=1S/C19H20ClNO4/c1-13(21-11-18(22)15-3-2-4-16(20)10-15)9-14-5-7-17(8-6-14)25-12-19(23)24/h2-8,10-11,13,21-22H,9,12H2,1H3,(H,23,24)/b18-11+. The van der Waals surface area contributed by atoms with Crippen molar-refractivity contribution in [2.75, 3.05) is 6.61 Å². The number of aliphatic hydroxyl groups excluding tert-OH is 1. The predicted molar refractivity (Wildman–Crippen MR) is 97.9 cm³/mol. The zero-order valence-electron chi connectivity index (χ0n) is 13.8. The first-order valence-electron chi connectivity index (χ1n) is 7.78. The van der Waals surface area contributed by atoms with E-state index >= 15 is 0 Å². The number of carboxylic acids is 1. The maximum Gasteiger partial charge on any atom is 0.341 e. The minimum absolute atomic E-state index is 0.0899. The van der Waals surface area contributed by atoms with Gasteiger partial charge in [0.05, 0.1) is 0 Å². The molecular weight excluding hydrogens is 342 g/mol. The Balaban J connectivity index is 1.88. The van der Waals surface area contributed by atoms with Gasteiger partial charge >= 0.3 is 5.97 Å². The monoisotopic (exact) mass is 361 g/mol. The molecule has 0 saturated heterocycles. The van der Waals surface area contributed by atoms with E-state index in [1.807, 2.05) is 19.1 Å². The summed E-state index contributed by atoms with van der Waals surface area (Å²) in [5, 5.41) is 22.4. The summed E-state index contributed by atoms with van der Waals surface area (Å²) in [7, 11) is 0. The molecule has 6 heteroatoms. The second-order valence-corrected chi connectivity index (χ2v) is 6.07. The second-order valence-electron chi connectivity index (χ2n) is 5.64. The number of aliphatic carboxylic acids is 1. The molecule has 0 radical (unpaired) electrons. The van der Waals surface area contributed by atoms with E-state index < -0.39 is 5.97 Å². The zero-order valence-corrected chi connectivity index (χ0v) is 14.5. The second kappa shape index (κ2) is 8.99. The van der Waals surface area contributed by atoms with Gasteiger partial charge < -0.3 is 20.3 Å². The van der Waals surface area contributed by atoms with Crippen molar-refractivity contribution in [3.8, 4) is 5.75 Å². The molecule has 0 aliphatic rings. The van der Waals surface area contributed by atoms with Crippen molar-refractivity contribution in [1.29, 1.82) is 0 Å². The van der Waals surface area contributed by atoms with Crippen molar-refractivity contribution < 1.29 is 19.7 Å². The minimum atomic E-state index is -1.01. The van der Waals surface area contributed by atoms with Crippen molar-refractivity contribution in [2.45, 2.75) is 19.4 Å². The van der Waals surface area contributed by atoms with Gasteiger partial charge in [0, 0.05) is 22.8 Å². The number of hydrogen-bond donors (Lipinski definition) is 3. The Hall–Kier alpha value is -2.66. The fourth-order valence-electron chi connectivity index (χ4n) is 2.23. The third-order valence-corrected chi connectivity index (χ3v) is 3.69. The van der Waals surface area contributed by atoms with Crippen LogP contribution in [0.3, 0.4) is 0 Å². The van der Waals surface area contributed by atoms with Gasteiger partial charge in [-0.05, 0) is 43.2 Å². The summed E-state index contributed by atoms with van der Waals surface area (Å²) in [6.07, 6.45) is 2.29. The Morgan fingerprint density at radius 2 is 1.96 bits per heavy atom. The number of nitrogens with one attached hydrogen (secondary N) is 1. The van der Waals surface area contributed by atoms with Gasteiger partial charge in [-0.25, -0.2) is 4.79 Å². The topological polar surface area (TPSA) is 78.8 Å². The van der Waals surface area contributed by atoms with Crippen LogP contribution in [0.15, 0.2) is 54.7 Å². The van der Waals surface area contributed by atoms with Gasteiger partial charge in [-0.1, -0.05) is 35.9 Å². The molecule has 0 amide bonds. The van der Waals surface area contributed by atoms with E-state index in [2.05, 4.69) is 5.32 Å². The predicted octanol–water partition coefficient (Wildman–Crippen LogP) is 3.88. The minimum Gasteiger partial charge on any atom is -0.506 e.